The van der Waals surface area contributed by atoms with Gasteiger partial charge in [-0.3, -0.25) is 9.59 Å². The third-order valence-corrected chi connectivity index (χ3v) is 5.51. The van der Waals surface area contributed by atoms with Crippen molar-refractivity contribution in [1.82, 2.24) is 9.47 Å². The lowest BCUT2D eigenvalue weighted by Crippen LogP contribution is -2.50. The average Bonchev–Trinajstić information content (AvgIpc) is 3.29. The Morgan fingerprint density at radius 2 is 1.41 bits per heavy atom. The summed E-state index contributed by atoms with van der Waals surface area (Å²) < 4.78 is 1.98. The number of piperazine rings is 1. The van der Waals surface area contributed by atoms with Crippen LogP contribution in [0.25, 0.3) is 0 Å². The number of hydrogen-bond acceptors (Lipinski definition) is 3. The van der Waals surface area contributed by atoms with Gasteiger partial charge in [0, 0.05) is 49.8 Å². The van der Waals surface area contributed by atoms with E-state index in [9.17, 15) is 9.59 Å². The summed E-state index contributed by atoms with van der Waals surface area (Å²) in [5.41, 5.74) is 2.81. The van der Waals surface area contributed by atoms with Crippen LogP contribution in [0.3, 0.4) is 0 Å². The van der Waals surface area contributed by atoms with E-state index < -0.39 is 0 Å². The maximum Gasteiger partial charge on any atom is 0.250 e. The van der Waals surface area contributed by atoms with Crippen molar-refractivity contribution in [2.45, 2.75) is 13.0 Å². The molecule has 4 rings (SSSR count). The van der Waals surface area contributed by atoms with Gasteiger partial charge in [-0.05, 0) is 48.9 Å². The minimum Gasteiger partial charge on any atom is -0.368 e. The first-order valence-electron chi connectivity index (χ1n) is 9.95. The van der Waals surface area contributed by atoms with Crippen LogP contribution in [0.1, 0.15) is 28.9 Å². The number of carbonyl (C=O) groups is 2. The predicted molar refractivity (Wildman–Crippen MR) is 114 cm³/mol. The van der Waals surface area contributed by atoms with Gasteiger partial charge in [0.15, 0.2) is 5.78 Å². The Hall–Kier alpha value is -3.34. The molecule has 5 nitrogen and oxygen atoms in total. The van der Waals surface area contributed by atoms with Gasteiger partial charge in [0.25, 0.3) is 0 Å². The van der Waals surface area contributed by atoms with Gasteiger partial charge in [-0.1, -0.05) is 30.3 Å². The highest BCUT2D eigenvalue weighted by Gasteiger charge is 2.29. The number of benzene rings is 2. The summed E-state index contributed by atoms with van der Waals surface area (Å²) in [5, 5.41) is 0. The Kier molecular flexibility index (Phi) is 5.47. The highest BCUT2D eigenvalue weighted by molar-refractivity contribution is 5.94. The van der Waals surface area contributed by atoms with Crippen molar-refractivity contribution in [3.8, 4) is 0 Å². The molecular formula is C24H25N3O2. The van der Waals surface area contributed by atoms with E-state index in [1.165, 1.54) is 0 Å². The smallest absolute Gasteiger partial charge is 0.250 e. The van der Waals surface area contributed by atoms with Gasteiger partial charge in [0.2, 0.25) is 5.91 Å². The van der Waals surface area contributed by atoms with E-state index in [1.54, 1.807) is 6.92 Å². The molecule has 0 bridgehead atoms. The van der Waals surface area contributed by atoms with Crippen LogP contribution in [0, 0.1) is 0 Å². The minimum absolute atomic E-state index is 0.0731. The number of rotatable bonds is 5. The second-order valence-corrected chi connectivity index (χ2v) is 7.36. The molecule has 148 valence electrons. The average molecular weight is 387 g/mol. The molecule has 3 aromatic rings. The zero-order chi connectivity index (χ0) is 20.2. The highest BCUT2D eigenvalue weighted by Crippen LogP contribution is 2.23. The summed E-state index contributed by atoms with van der Waals surface area (Å²) in [6, 6.07) is 21.2. The Bertz CT molecular complexity index is 957. The molecule has 2 heterocycles. The Morgan fingerprint density at radius 1 is 0.793 bits per heavy atom. The van der Waals surface area contributed by atoms with Crippen LogP contribution in [0.2, 0.25) is 0 Å². The summed E-state index contributed by atoms with van der Waals surface area (Å²) in [7, 11) is 0. The molecule has 29 heavy (non-hydrogen) atoms. The summed E-state index contributed by atoms with van der Waals surface area (Å²) in [5.74, 6) is 0.197. The fraction of sp³-hybridized carbons (Fsp3) is 0.250. The second-order valence-electron chi connectivity index (χ2n) is 7.36. The second kappa shape index (κ2) is 8.35. The molecule has 1 aromatic heterocycles. The van der Waals surface area contributed by atoms with Crippen LogP contribution in [0.5, 0.6) is 0 Å². The molecule has 1 saturated heterocycles. The van der Waals surface area contributed by atoms with Gasteiger partial charge in [0.05, 0.1) is 0 Å². The fourth-order valence-corrected chi connectivity index (χ4v) is 3.86. The molecule has 1 fully saturated rings. The zero-order valence-electron chi connectivity index (χ0n) is 16.6. The number of Topliss-reactive ketones (excluding diaryl/α,β-unsaturated/α-hetero) is 1. The van der Waals surface area contributed by atoms with Crippen LogP contribution < -0.4 is 4.90 Å². The zero-order valence-corrected chi connectivity index (χ0v) is 16.6. The lowest BCUT2D eigenvalue weighted by Gasteiger charge is -2.38. The molecule has 5 heteroatoms. The van der Waals surface area contributed by atoms with Gasteiger partial charge in [-0.2, -0.15) is 0 Å². The van der Waals surface area contributed by atoms with Gasteiger partial charge in [0.1, 0.15) is 6.04 Å². The van der Waals surface area contributed by atoms with E-state index in [0.29, 0.717) is 13.1 Å². The molecule has 1 amide bonds. The lowest BCUT2D eigenvalue weighted by molar-refractivity contribution is -0.133. The topological polar surface area (TPSA) is 45.6 Å². The molecule has 0 N–H and O–H groups in total. The van der Waals surface area contributed by atoms with E-state index in [4.69, 9.17) is 0 Å². The molecule has 2 aromatic carbocycles. The molecule has 0 unspecified atom stereocenters. The summed E-state index contributed by atoms with van der Waals surface area (Å²) in [6.45, 7) is 4.49. The molecular weight excluding hydrogens is 362 g/mol. The Labute approximate surface area is 171 Å². The standard InChI is InChI=1S/C24H25N3O2/c1-19(28)20-9-11-22(12-10-20)25-15-17-27(18-16-25)24(29)23(26-13-5-6-14-26)21-7-3-2-4-8-21/h2-14,23H,15-18H2,1H3/t23-/m1/s1. The van der Waals surface area contributed by atoms with E-state index in [0.717, 1.165) is 29.9 Å². The van der Waals surface area contributed by atoms with Crippen LogP contribution in [-0.4, -0.2) is 47.3 Å². The van der Waals surface area contributed by atoms with Gasteiger partial charge in [-0.15, -0.1) is 0 Å². The van der Waals surface area contributed by atoms with Crippen LogP contribution in [0.4, 0.5) is 5.69 Å². The van der Waals surface area contributed by atoms with Crippen molar-refractivity contribution in [3.05, 3.63) is 90.3 Å². The van der Waals surface area contributed by atoms with Gasteiger partial charge < -0.3 is 14.4 Å². The largest absolute Gasteiger partial charge is 0.368 e. The third-order valence-electron chi connectivity index (χ3n) is 5.51. The molecule has 1 aliphatic rings. The quantitative estimate of drug-likeness (QED) is 0.628. The first-order chi connectivity index (χ1) is 14.1. The van der Waals surface area contributed by atoms with Gasteiger partial charge >= 0.3 is 0 Å². The lowest BCUT2D eigenvalue weighted by atomic mass is 10.0. The predicted octanol–water partition coefficient (Wildman–Crippen LogP) is 3.63. The van der Waals surface area contributed by atoms with Crippen molar-refractivity contribution in [2.75, 3.05) is 31.1 Å². The number of hydrogen-bond donors (Lipinski definition) is 0. The SMILES string of the molecule is CC(=O)c1ccc(N2CCN(C(=O)[C@@H](c3ccccc3)n3cccc3)CC2)cc1. The van der Waals surface area contributed by atoms with Crippen LogP contribution in [-0.2, 0) is 4.79 Å². The minimum atomic E-state index is -0.340. The summed E-state index contributed by atoms with van der Waals surface area (Å²) >= 11 is 0. The Balaban J connectivity index is 1.47. The number of aromatic nitrogens is 1. The van der Waals surface area contributed by atoms with Crippen molar-refractivity contribution in [1.29, 1.82) is 0 Å². The maximum atomic E-state index is 13.4. The van der Waals surface area contributed by atoms with Crippen molar-refractivity contribution < 1.29 is 9.59 Å². The monoisotopic (exact) mass is 387 g/mol. The molecule has 1 atom stereocenters. The summed E-state index contributed by atoms with van der Waals surface area (Å²) in [4.78, 5) is 29.1. The molecule has 0 radical (unpaired) electrons. The fourth-order valence-electron chi connectivity index (χ4n) is 3.86. The molecule has 0 saturated carbocycles. The Morgan fingerprint density at radius 3 is 2.00 bits per heavy atom. The number of amides is 1. The molecule has 1 aliphatic heterocycles. The summed E-state index contributed by atoms with van der Waals surface area (Å²) in [6.07, 6.45) is 3.89. The van der Waals surface area contributed by atoms with E-state index in [1.807, 2.05) is 88.6 Å². The van der Waals surface area contributed by atoms with Crippen molar-refractivity contribution >= 4 is 17.4 Å². The number of anilines is 1. The first kappa shape index (κ1) is 19.0. The molecule has 0 spiro atoms. The van der Waals surface area contributed by atoms with E-state index in [2.05, 4.69) is 4.90 Å². The van der Waals surface area contributed by atoms with Crippen molar-refractivity contribution in [3.63, 3.8) is 0 Å². The van der Waals surface area contributed by atoms with E-state index >= 15 is 0 Å². The van der Waals surface area contributed by atoms with Crippen LogP contribution >= 0.6 is 0 Å². The first-order valence-corrected chi connectivity index (χ1v) is 9.95. The molecule has 0 aliphatic carbocycles. The highest BCUT2D eigenvalue weighted by atomic mass is 16.2. The van der Waals surface area contributed by atoms with Gasteiger partial charge in [-0.25, -0.2) is 0 Å². The number of carbonyl (C=O) groups excluding carboxylic acids is 2. The maximum absolute atomic E-state index is 13.4. The van der Waals surface area contributed by atoms with Crippen LogP contribution in [0.15, 0.2) is 79.1 Å². The number of ketones is 1. The third kappa shape index (κ3) is 4.09. The van der Waals surface area contributed by atoms with Crippen molar-refractivity contribution in [2.24, 2.45) is 0 Å². The normalized spacial score (nSPS) is 15.2. The van der Waals surface area contributed by atoms with E-state index in [-0.39, 0.29) is 17.7 Å². The number of nitrogens with zero attached hydrogens (tertiary/aromatic N) is 3.